The second kappa shape index (κ2) is 8.17. The summed E-state index contributed by atoms with van der Waals surface area (Å²) in [6.45, 7) is 2.59. The molecule has 1 rings (SSSR count). The number of rotatable bonds is 8. The van der Waals surface area contributed by atoms with E-state index >= 15 is 0 Å². The average Bonchev–Trinajstić information content (AvgIpc) is 2.43. The summed E-state index contributed by atoms with van der Waals surface area (Å²) in [5, 5.41) is 0. The first-order chi connectivity index (χ1) is 11.0. The molecule has 0 heterocycles. The Balaban J connectivity index is 2.64. The molecule has 5 nitrogen and oxygen atoms in total. The van der Waals surface area contributed by atoms with Crippen LogP contribution in [0.1, 0.15) is 17.5 Å². The summed E-state index contributed by atoms with van der Waals surface area (Å²) in [4.78, 5) is 1.25. The molecule has 1 aromatic rings. The number of aryl methyl sites for hydroxylation is 2. The van der Waals surface area contributed by atoms with Crippen LogP contribution in [0.15, 0.2) is 17.0 Å². The third kappa shape index (κ3) is 6.29. The second-order valence-electron chi connectivity index (χ2n) is 5.69. The Hall–Kier alpha value is -1.32. The first-order valence-corrected chi connectivity index (χ1v) is 8.85. The van der Waals surface area contributed by atoms with Gasteiger partial charge in [-0.05, 0) is 57.1 Å². The minimum atomic E-state index is -4.26. The van der Waals surface area contributed by atoms with Crippen molar-refractivity contribution in [3.63, 3.8) is 0 Å². The van der Waals surface area contributed by atoms with Crippen LogP contribution >= 0.6 is 0 Å². The van der Waals surface area contributed by atoms with Gasteiger partial charge >= 0.3 is 6.18 Å². The summed E-state index contributed by atoms with van der Waals surface area (Å²) >= 11 is 0. The zero-order chi connectivity index (χ0) is 18.5. The highest BCUT2D eigenvalue weighted by Crippen LogP contribution is 2.25. The number of nitrogens with one attached hydrogen (secondary N) is 1. The van der Waals surface area contributed by atoms with Crippen LogP contribution in [0.5, 0.6) is 5.75 Å². The topological polar surface area (TPSA) is 58.6 Å². The molecular formula is C15H23F3N2O3S. The van der Waals surface area contributed by atoms with Crippen LogP contribution in [0, 0.1) is 13.8 Å². The van der Waals surface area contributed by atoms with Crippen molar-refractivity contribution in [2.45, 2.75) is 31.3 Å². The van der Waals surface area contributed by atoms with Gasteiger partial charge < -0.3 is 4.74 Å². The Morgan fingerprint density at radius 3 is 2.38 bits per heavy atom. The number of ether oxygens (including phenoxy) is 1. The van der Waals surface area contributed by atoms with Gasteiger partial charge in [-0.25, -0.2) is 13.1 Å². The first-order valence-electron chi connectivity index (χ1n) is 7.36. The average molecular weight is 368 g/mol. The molecule has 0 atom stereocenters. The van der Waals surface area contributed by atoms with Crippen molar-refractivity contribution in [3.05, 3.63) is 23.3 Å². The summed E-state index contributed by atoms with van der Waals surface area (Å²) in [5.41, 5.74) is 1.23. The zero-order valence-electron chi connectivity index (χ0n) is 14.2. The molecule has 1 aromatic carbocycles. The van der Waals surface area contributed by atoms with Crippen LogP contribution < -0.4 is 9.46 Å². The normalized spacial score (nSPS) is 12.7. The number of alkyl halides is 3. The van der Waals surface area contributed by atoms with Gasteiger partial charge in [-0.15, -0.1) is 0 Å². The first kappa shape index (κ1) is 20.7. The van der Waals surface area contributed by atoms with Crippen LogP contribution in [0.2, 0.25) is 0 Å². The molecule has 0 aliphatic rings. The largest absolute Gasteiger partial charge is 0.496 e. The number of benzene rings is 1. The van der Waals surface area contributed by atoms with Gasteiger partial charge in [0, 0.05) is 6.54 Å². The third-order valence-electron chi connectivity index (χ3n) is 3.44. The number of sulfonamides is 1. The lowest BCUT2D eigenvalue weighted by Crippen LogP contribution is -2.34. The van der Waals surface area contributed by atoms with Gasteiger partial charge in [0.25, 0.3) is 0 Å². The second-order valence-corrected chi connectivity index (χ2v) is 7.43. The van der Waals surface area contributed by atoms with Gasteiger partial charge in [0.1, 0.15) is 5.75 Å². The standard InChI is InChI=1S/C15H23F3N2O3S/c1-11-9-14(12(2)8-13(11)23-4)24(21,22)19-6-5-7-20(3)10-15(16,17)18/h8-9,19H,5-7,10H2,1-4H3. The molecule has 24 heavy (non-hydrogen) atoms. The van der Waals surface area contributed by atoms with Crippen LogP contribution in [0.3, 0.4) is 0 Å². The maximum atomic E-state index is 12.3. The summed E-state index contributed by atoms with van der Waals surface area (Å²) < 4.78 is 68.9. The molecule has 0 saturated heterocycles. The Kier molecular flexibility index (Phi) is 7.06. The maximum absolute atomic E-state index is 12.3. The van der Waals surface area contributed by atoms with Crippen molar-refractivity contribution in [2.24, 2.45) is 0 Å². The molecule has 0 spiro atoms. The van der Waals surface area contributed by atoms with Crippen molar-refractivity contribution in [1.29, 1.82) is 0 Å². The Morgan fingerprint density at radius 2 is 1.83 bits per heavy atom. The predicted molar refractivity (Wildman–Crippen MR) is 85.8 cm³/mol. The minimum absolute atomic E-state index is 0.0645. The van der Waals surface area contributed by atoms with E-state index in [1.54, 1.807) is 19.9 Å². The van der Waals surface area contributed by atoms with E-state index in [1.807, 2.05) is 0 Å². The van der Waals surface area contributed by atoms with E-state index in [9.17, 15) is 21.6 Å². The van der Waals surface area contributed by atoms with Crippen molar-refractivity contribution >= 4 is 10.0 Å². The van der Waals surface area contributed by atoms with Crippen LogP contribution in [0.4, 0.5) is 13.2 Å². The predicted octanol–water partition coefficient (Wildman–Crippen LogP) is 2.47. The maximum Gasteiger partial charge on any atom is 0.401 e. The smallest absolute Gasteiger partial charge is 0.401 e. The van der Waals surface area contributed by atoms with Crippen molar-refractivity contribution < 1.29 is 26.3 Å². The minimum Gasteiger partial charge on any atom is -0.496 e. The van der Waals surface area contributed by atoms with Crippen molar-refractivity contribution in [1.82, 2.24) is 9.62 Å². The SMILES string of the molecule is COc1cc(C)c(S(=O)(=O)NCCCN(C)CC(F)(F)F)cc1C. The van der Waals surface area contributed by atoms with Gasteiger partial charge in [0.15, 0.2) is 0 Å². The number of nitrogens with zero attached hydrogens (tertiary/aromatic N) is 1. The molecule has 1 N–H and O–H groups in total. The van der Waals surface area contributed by atoms with E-state index in [2.05, 4.69) is 4.72 Å². The molecule has 0 aliphatic heterocycles. The van der Waals surface area contributed by atoms with E-state index in [0.29, 0.717) is 16.9 Å². The fraction of sp³-hybridized carbons (Fsp3) is 0.600. The molecule has 0 saturated carbocycles. The van der Waals surface area contributed by atoms with E-state index in [1.165, 1.54) is 20.2 Å². The zero-order valence-corrected chi connectivity index (χ0v) is 15.0. The molecule has 0 fully saturated rings. The highest BCUT2D eigenvalue weighted by molar-refractivity contribution is 7.89. The fourth-order valence-corrected chi connectivity index (χ4v) is 3.67. The van der Waals surface area contributed by atoms with E-state index in [4.69, 9.17) is 4.74 Å². The molecule has 138 valence electrons. The molecule has 0 radical (unpaired) electrons. The van der Waals surface area contributed by atoms with Gasteiger partial charge in [0.05, 0.1) is 18.6 Å². The summed E-state index contributed by atoms with van der Waals surface area (Å²) in [6.07, 6.45) is -3.98. The Labute approximate surface area is 140 Å². The van der Waals surface area contributed by atoms with Crippen molar-refractivity contribution in [3.8, 4) is 5.75 Å². The van der Waals surface area contributed by atoms with Crippen LogP contribution in [0.25, 0.3) is 0 Å². The van der Waals surface area contributed by atoms with Crippen LogP contribution in [-0.2, 0) is 10.0 Å². The molecule has 0 aromatic heterocycles. The lowest BCUT2D eigenvalue weighted by molar-refractivity contribution is -0.143. The molecule has 9 heteroatoms. The monoisotopic (exact) mass is 368 g/mol. The number of methoxy groups -OCH3 is 1. The van der Waals surface area contributed by atoms with E-state index in [-0.39, 0.29) is 24.4 Å². The number of hydrogen-bond acceptors (Lipinski definition) is 4. The Morgan fingerprint density at radius 1 is 1.21 bits per heavy atom. The summed E-state index contributed by atoms with van der Waals surface area (Å²) in [6, 6.07) is 3.16. The molecule has 0 bridgehead atoms. The van der Waals surface area contributed by atoms with Gasteiger partial charge in [-0.2, -0.15) is 13.2 Å². The van der Waals surface area contributed by atoms with Gasteiger partial charge in [0.2, 0.25) is 10.0 Å². The number of halogens is 3. The highest BCUT2D eigenvalue weighted by Gasteiger charge is 2.28. The van der Waals surface area contributed by atoms with Crippen molar-refractivity contribution in [2.75, 3.05) is 33.8 Å². The molecule has 0 amide bonds. The number of hydrogen-bond donors (Lipinski definition) is 1. The summed E-state index contributed by atoms with van der Waals surface area (Å²) in [7, 11) is -0.866. The van der Waals surface area contributed by atoms with E-state index < -0.39 is 22.7 Å². The molecular weight excluding hydrogens is 345 g/mol. The molecule has 0 aliphatic carbocycles. The van der Waals surface area contributed by atoms with Gasteiger partial charge in [-0.1, -0.05) is 0 Å². The lowest BCUT2D eigenvalue weighted by atomic mass is 10.1. The quantitative estimate of drug-likeness (QED) is 0.716. The lowest BCUT2D eigenvalue weighted by Gasteiger charge is -2.18. The summed E-state index contributed by atoms with van der Waals surface area (Å²) in [5.74, 6) is 0.597. The van der Waals surface area contributed by atoms with Crippen LogP contribution in [-0.4, -0.2) is 53.3 Å². The van der Waals surface area contributed by atoms with E-state index in [0.717, 1.165) is 4.90 Å². The highest BCUT2D eigenvalue weighted by atomic mass is 32.2. The molecule has 0 unspecified atom stereocenters. The van der Waals surface area contributed by atoms with Gasteiger partial charge in [-0.3, -0.25) is 4.90 Å². The third-order valence-corrected chi connectivity index (χ3v) is 5.04. The Bertz CT molecular complexity index is 661. The fourth-order valence-electron chi connectivity index (χ4n) is 2.29.